The molecule has 0 unspecified atom stereocenters. The first-order valence-electron chi connectivity index (χ1n) is 6.55. The fourth-order valence-electron chi connectivity index (χ4n) is 2.58. The van der Waals surface area contributed by atoms with Crippen LogP contribution in [0.3, 0.4) is 0 Å². The molecule has 0 atom stereocenters. The summed E-state index contributed by atoms with van der Waals surface area (Å²) in [5.74, 6) is -0.680. The molecule has 106 valence electrons. The molecule has 0 saturated carbocycles. The molecule has 0 aliphatic carbocycles. The molecule has 2 amide bonds. The minimum atomic E-state index is -0.340. The Bertz CT molecular complexity index is 920. The van der Waals surface area contributed by atoms with E-state index in [-0.39, 0.29) is 17.0 Å². The molecule has 1 aliphatic rings. The van der Waals surface area contributed by atoms with Gasteiger partial charge in [0, 0.05) is 5.39 Å². The maximum Gasteiger partial charge on any atom is 0.266 e. The second kappa shape index (κ2) is 4.61. The number of hydrogen-bond acceptors (Lipinski definition) is 4. The first kappa shape index (κ1) is 12.9. The van der Waals surface area contributed by atoms with Crippen LogP contribution in [0.15, 0.2) is 48.8 Å². The first-order chi connectivity index (χ1) is 10.7. The molecule has 0 saturated heterocycles. The lowest BCUT2D eigenvalue weighted by atomic mass is 10.1. The summed E-state index contributed by atoms with van der Waals surface area (Å²) >= 11 is 6.06. The molecule has 4 rings (SSSR count). The summed E-state index contributed by atoms with van der Waals surface area (Å²) in [7, 11) is 0. The summed E-state index contributed by atoms with van der Waals surface area (Å²) in [6, 6.07) is 11.8. The molecule has 0 bridgehead atoms. The number of carbonyl (C=O) groups excluding carboxylic acids is 2. The fourth-order valence-corrected chi connectivity index (χ4v) is 2.77. The summed E-state index contributed by atoms with van der Waals surface area (Å²) in [6.07, 6.45) is 1.37. The van der Waals surface area contributed by atoms with Gasteiger partial charge in [0.1, 0.15) is 11.5 Å². The number of nitrogens with zero attached hydrogens (tertiary/aromatic N) is 3. The molecule has 2 aromatic carbocycles. The predicted molar refractivity (Wildman–Crippen MR) is 82.1 cm³/mol. The minimum absolute atomic E-state index is 0.281. The van der Waals surface area contributed by atoms with Crippen LogP contribution in [-0.2, 0) is 0 Å². The number of benzene rings is 2. The zero-order valence-corrected chi connectivity index (χ0v) is 11.9. The van der Waals surface area contributed by atoms with Crippen molar-refractivity contribution in [2.24, 2.45) is 0 Å². The zero-order valence-electron chi connectivity index (χ0n) is 11.2. The van der Waals surface area contributed by atoms with Crippen LogP contribution in [0.5, 0.6) is 0 Å². The van der Waals surface area contributed by atoms with Gasteiger partial charge >= 0.3 is 0 Å². The van der Waals surface area contributed by atoms with Crippen LogP contribution < -0.4 is 4.90 Å². The quantitative estimate of drug-likeness (QED) is 0.512. The molecule has 1 aliphatic heterocycles. The van der Waals surface area contributed by atoms with Crippen molar-refractivity contribution >= 4 is 40.0 Å². The number of fused-ring (bicyclic) bond motifs is 2. The average Bonchev–Trinajstić information content (AvgIpc) is 2.80. The lowest BCUT2D eigenvalue weighted by Crippen LogP contribution is -2.29. The number of aromatic nitrogens is 2. The van der Waals surface area contributed by atoms with Crippen molar-refractivity contribution in [3.8, 4) is 0 Å². The Hall–Kier alpha value is -2.79. The highest BCUT2D eigenvalue weighted by Gasteiger charge is 2.36. The Morgan fingerprint density at radius 3 is 2.27 bits per heavy atom. The van der Waals surface area contributed by atoms with Crippen molar-refractivity contribution in [3.63, 3.8) is 0 Å². The Kier molecular flexibility index (Phi) is 2.71. The summed E-state index contributed by atoms with van der Waals surface area (Å²) in [5, 5.41) is 0.877. The standard InChI is InChI=1S/C16H8ClN3O2/c17-14-12-7-9(5-6-13(12)18-8-19-14)20-15(21)10-3-1-2-4-11(10)16(20)22/h1-8H. The number of rotatable bonds is 1. The highest BCUT2D eigenvalue weighted by molar-refractivity contribution is 6.36. The van der Waals surface area contributed by atoms with Gasteiger partial charge in [-0.05, 0) is 30.3 Å². The largest absolute Gasteiger partial charge is 0.268 e. The molecular weight excluding hydrogens is 302 g/mol. The van der Waals surface area contributed by atoms with Crippen LogP contribution >= 0.6 is 11.6 Å². The maximum absolute atomic E-state index is 12.5. The maximum atomic E-state index is 12.5. The second-order valence-corrected chi connectivity index (χ2v) is 5.22. The lowest BCUT2D eigenvalue weighted by molar-refractivity contribution is 0.0926. The van der Waals surface area contributed by atoms with Crippen molar-refractivity contribution in [1.29, 1.82) is 0 Å². The number of hydrogen-bond donors (Lipinski definition) is 0. The van der Waals surface area contributed by atoms with Crippen molar-refractivity contribution < 1.29 is 9.59 Å². The van der Waals surface area contributed by atoms with Crippen molar-refractivity contribution in [3.05, 3.63) is 65.1 Å². The number of amides is 2. The summed E-state index contributed by atoms with van der Waals surface area (Å²) in [5.41, 5.74) is 1.92. The van der Waals surface area contributed by atoms with Gasteiger partial charge in [0.05, 0.1) is 22.3 Å². The van der Waals surface area contributed by atoms with Gasteiger partial charge in [-0.2, -0.15) is 0 Å². The highest BCUT2D eigenvalue weighted by atomic mass is 35.5. The van der Waals surface area contributed by atoms with Crippen LogP contribution in [0.2, 0.25) is 5.15 Å². The number of imide groups is 1. The van der Waals surface area contributed by atoms with Crippen LogP contribution in [0.25, 0.3) is 10.9 Å². The molecule has 2 heterocycles. The molecule has 5 nitrogen and oxygen atoms in total. The smallest absolute Gasteiger partial charge is 0.266 e. The molecule has 0 N–H and O–H groups in total. The van der Waals surface area contributed by atoms with Gasteiger partial charge in [0.2, 0.25) is 0 Å². The summed E-state index contributed by atoms with van der Waals surface area (Å²) in [4.78, 5) is 34.1. The van der Waals surface area contributed by atoms with E-state index in [9.17, 15) is 9.59 Å². The average molecular weight is 310 g/mol. The van der Waals surface area contributed by atoms with Crippen LogP contribution in [0, 0.1) is 0 Å². The molecule has 1 aromatic heterocycles. The van der Waals surface area contributed by atoms with E-state index in [2.05, 4.69) is 9.97 Å². The third kappa shape index (κ3) is 1.72. The monoisotopic (exact) mass is 309 g/mol. The molecule has 6 heteroatoms. The molecule has 0 spiro atoms. The van der Waals surface area contributed by atoms with Crippen molar-refractivity contribution in [2.75, 3.05) is 4.90 Å². The van der Waals surface area contributed by atoms with Crippen LogP contribution in [0.1, 0.15) is 20.7 Å². The number of anilines is 1. The highest BCUT2D eigenvalue weighted by Crippen LogP contribution is 2.31. The summed E-state index contributed by atoms with van der Waals surface area (Å²) < 4.78 is 0. The van der Waals surface area contributed by atoms with E-state index < -0.39 is 0 Å². The van der Waals surface area contributed by atoms with Gasteiger partial charge < -0.3 is 0 Å². The van der Waals surface area contributed by atoms with E-state index in [0.717, 1.165) is 4.90 Å². The van der Waals surface area contributed by atoms with Crippen LogP contribution in [0.4, 0.5) is 5.69 Å². The van der Waals surface area contributed by atoms with E-state index in [1.54, 1.807) is 42.5 Å². The van der Waals surface area contributed by atoms with Crippen LogP contribution in [-0.4, -0.2) is 21.8 Å². The molecule has 0 radical (unpaired) electrons. The van der Waals surface area contributed by atoms with Gasteiger partial charge in [-0.25, -0.2) is 14.9 Å². The summed E-state index contributed by atoms with van der Waals surface area (Å²) in [6.45, 7) is 0. The van der Waals surface area contributed by atoms with E-state index >= 15 is 0 Å². The Labute approximate surface area is 130 Å². The fraction of sp³-hybridized carbons (Fsp3) is 0. The third-order valence-electron chi connectivity index (χ3n) is 3.62. The SMILES string of the molecule is O=C1c2ccccc2C(=O)N1c1ccc2ncnc(Cl)c2c1. The minimum Gasteiger partial charge on any atom is -0.268 e. The molecule has 0 fully saturated rings. The predicted octanol–water partition coefficient (Wildman–Crippen LogP) is 3.08. The van der Waals surface area contributed by atoms with E-state index in [1.807, 2.05) is 0 Å². The van der Waals surface area contributed by atoms with Crippen molar-refractivity contribution in [1.82, 2.24) is 9.97 Å². The lowest BCUT2D eigenvalue weighted by Gasteiger charge is -2.14. The normalized spacial score (nSPS) is 13.8. The Morgan fingerprint density at radius 1 is 0.909 bits per heavy atom. The number of halogens is 1. The Morgan fingerprint density at radius 2 is 1.59 bits per heavy atom. The van der Waals surface area contributed by atoms with Gasteiger partial charge in [-0.3, -0.25) is 9.59 Å². The van der Waals surface area contributed by atoms with Crippen molar-refractivity contribution in [2.45, 2.75) is 0 Å². The first-order valence-corrected chi connectivity index (χ1v) is 6.93. The van der Waals surface area contributed by atoms with Gasteiger partial charge in [0.15, 0.2) is 0 Å². The van der Waals surface area contributed by atoms with E-state index in [1.165, 1.54) is 6.33 Å². The van der Waals surface area contributed by atoms with E-state index in [4.69, 9.17) is 11.6 Å². The number of carbonyl (C=O) groups is 2. The second-order valence-electron chi connectivity index (χ2n) is 4.86. The molecular formula is C16H8ClN3O2. The van der Waals surface area contributed by atoms with Gasteiger partial charge in [-0.15, -0.1) is 0 Å². The van der Waals surface area contributed by atoms with Gasteiger partial charge in [0.25, 0.3) is 11.8 Å². The third-order valence-corrected chi connectivity index (χ3v) is 3.92. The van der Waals surface area contributed by atoms with Gasteiger partial charge in [-0.1, -0.05) is 23.7 Å². The topological polar surface area (TPSA) is 63.2 Å². The van der Waals surface area contributed by atoms with E-state index in [0.29, 0.717) is 27.7 Å². The molecule has 3 aromatic rings. The Balaban J connectivity index is 1.88. The zero-order chi connectivity index (χ0) is 15.3. The molecule has 22 heavy (non-hydrogen) atoms.